The summed E-state index contributed by atoms with van der Waals surface area (Å²) in [6.07, 6.45) is 0.0519. The van der Waals surface area contributed by atoms with E-state index in [0.717, 1.165) is 0 Å². The third-order valence-corrected chi connectivity index (χ3v) is 3.87. The number of nitrogens with one attached hydrogen (secondary N) is 1. The van der Waals surface area contributed by atoms with Crippen LogP contribution in [0.15, 0.2) is 36.4 Å². The molecular weight excluding hydrogens is 366 g/mol. The maximum atomic E-state index is 12.4. The van der Waals surface area contributed by atoms with Gasteiger partial charge in [0.1, 0.15) is 0 Å². The van der Waals surface area contributed by atoms with Gasteiger partial charge in [0.2, 0.25) is 5.91 Å². The minimum Gasteiger partial charge on any atom is -0.493 e. The standard InChI is InChI=1S/C20H21NO7/c1-25-16-6-5-12(7-17(16)26-2)8-18(22)21-15-10-13(19(23)27-3)9-14(11-15)20(24)28-4/h5-7,9-11H,8H2,1-4H3,(H,21,22). The molecule has 0 fully saturated rings. The fraction of sp³-hybridized carbons (Fsp3) is 0.250. The van der Waals surface area contributed by atoms with Gasteiger partial charge in [-0.3, -0.25) is 4.79 Å². The molecule has 1 N–H and O–H groups in total. The van der Waals surface area contributed by atoms with Crippen LogP contribution in [0.4, 0.5) is 5.69 Å². The highest BCUT2D eigenvalue weighted by Gasteiger charge is 2.15. The average Bonchev–Trinajstić information content (AvgIpc) is 2.71. The number of carbonyl (C=O) groups excluding carboxylic acids is 3. The zero-order valence-corrected chi connectivity index (χ0v) is 16.0. The lowest BCUT2D eigenvalue weighted by atomic mass is 10.1. The quantitative estimate of drug-likeness (QED) is 0.729. The minimum absolute atomic E-state index is 0.0519. The van der Waals surface area contributed by atoms with Gasteiger partial charge in [-0.25, -0.2) is 9.59 Å². The van der Waals surface area contributed by atoms with Crippen LogP contribution < -0.4 is 14.8 Å². The van der Waals surface area contributed by atoms with Crippen LogP contribution in [0.1, 0.15) is 26.3 Å². The molecule has 148 valence electrons. The summed E-state index contributed by atoms with van der Waals surface area (Å²) in [7, 11) is 5.48. The summed E-state index contributed by atoms with van der Waals surface area (Å²) in [5.74, 6) is -0.555. The third kappa shape index (κ3) is 5.00. The van der Waals surface area contributed by atoms with Crippen molar-refractivity contribution in [3.05, 3.63) is 53.1 Å². The first-order chi connectivity index (χ1) is 13.4. The van der Waals surface area contributed by atoms with Gasteiger partial charge in [-0.05, 0) is 35.9 Å². The van der Waals surface area contributed by atoms with E-state index in [0.29, 0.717) is 17.1 Å². The number of rotatable bonds is 7. The fourth-order valence-electron chi connectivity index (χ4n) is 2.55. The number of hydrogen-bond donors (Lipinski definition) is 1. The van der Waals surface area contributed by atoms with Crippen LogP contribution >= 0.6 is 0 Å². The Labute approximate surface area is 162 Å². The molecule has 0 radical (unpaired) electrons. The van der Waals surface area contributed by atoms with Crippen molar-refractivity contribution in [2.24, 2.45) is 0 Å². The second-order valence-electron chi connectivity index (χ2n) is 5.70. The highest BCUT2D eigenvalue weighted by Crippen LogP contribution is 2.28. The van der Waals surface area contributed by atoms with Gasteiger partial charge in [-0.2, -0.15) is 0 Å². The van der Waals surface area contributed by atoms with Crippen LogP contribution in [0.2, 0.25) is 0 Å². The summed E-state index contributed by atoms with van der Waals surface area (Å²) in [6, 6.07) is 9.32. The van der Waals surface area contributed by atoms with Gasteiger partial charge in [-0.1, -0.05) is 6.07 Å². The molecule has 0 aromatic heterocycles. The predicted octanol–water partition coefficient (Wildman–Crippen LogP) is 2.46. The van der Waals surface area contributed by atoms with Crippen molar-refractivity contribution >= 4 is 23.5 Å². The van der Waals surface area contributed by atoms with Crippen LogP contribution in [0, 0.1) is 0 Å². The van der Waals surface area contributed by atoms with Crippen LogP contribution in [0.5, 0.6) is 11.5 Å². The van der Waals surface area contributed by atoms with Crippen LogP contribution in [0.3, 0.4) is 0 Å². The topological polar surface area (TPSA) is 100 Å². The fourth-order valence-corrected chi connectivity index (χ4v) is 2.55. The lowest BCUT2D eigenvalue weighted by Crippen LogP contribution is -2.16. The Bertz CT molecular complexity index is 858. The molecule has 0 bridgehead atoms. The molecule has 1 amide bonds. The zero-order chi connectivity index (χ0) is 20.7. The summed E-state index contributed by atoms with van der Waals surface area (Å²) in [4.78, 5) is 36.1. The first-order valence-electron chi connectivity index (χ1n) is 8.24. The Kier molecular flexibility index (Phi) is 6.97. The molecule has 0 atom stereocenters. The van der Waals surface area contributed by atoms with Crippen molar-refractivity contribution < 1.29 is 33.3 Å². The Balaban J connectivity index is 2.23. The normalized spacial score (nSPS) is 10.0. The maximum absolute atomic E-state index is 12.4. The summed E-state index contributed by atoms with van der Waals surface area (Å²) in [5, 5.41) is 2.67. The first-order valence-corrected chi connectivity index (χ1v) is 8.24. The van der Waals surface area contributed by atoms with E-state index in [-0.39, 0.29) is 29.1 Å². The Morgan fingerprint density at radius 1 is 0.786 bits per heavy atom. The molecule has 0 aliphatic rings. The summed E-state index contributed by atoms with van der Waals surface area (Å²) < 4.78 is 19.8. The molecule has 2 aromatic rings. The third-order valence-electron chi connectivity index (χ3n) is 3.87. The SMILES string of the molecule is COC(=O)c1cc(NC(=O)Cc2ccc(OC)c(OC)c2)cc(C(=O)OC)c1. The average molecular weight is 387 g/mol. The smallest absolute Gasteiger partial charge is 0.337 e. The van der Waals surface area contributed by atoms with Gasteiger partial charge in [0.25, 0.3) is 0 Å². The molecule has 28 heavy (non-hydrogen) atoms. The van der Waals surface area contributed by atoms with Crippen LogP contribution in [0.25, 0.3) is 0 Å². The Hall–Kier alpha value is -3.55. The molecule has 8 heteroatoms. The highest BCUT2D eigenvalue weighted by molar-refractivity contribution is 5.99. The van der Waals surface area contributed by atoms with Crippen molar-refractivity contribution in [3.63, 3.8) is 0 Å². The van der Waals surface area contributed by atoms with Gasteiger partial charge in [0.15, 0.2) is 11.5 Å². The van der Waals surface area contributed by atoms with Crippen LogP contribution in [-0.2, 0) is 20.7 Å². The number of anilines is 1. The summed E-state index contributed by atoms with van der Waals surface area (Å²) in [6.45, 7) is 0. The van der Waals surface area contributed by atoms with E-state index in [4.69, 9.17) is 9.47 Å². The molecule has 0 spiro atoms. The number of esters is 2. The van der Waals surface area contributed by atoms with E-state index >= 15 is 0 Å². The van der Waals surface area contributed by atoms with Crippen molar-refractivity contribution in [1.29, 1.82) is 0 Å². The van der Waals surface area contributed by atoms with E-state index in [9.17, 15) is 14.4 Å². The predicted molar refractivity (Wildman–Crippen MR) is 101 cm³/mol. The van der Waals surface area contributed by atoms with Gasteiger partial charge >= 0.3 is 11.9 Å². The molecule has 0 saturated carbocycles. The van der Waals surface area contributed by atoms with Crippen molar-refractivity contribution in [1.82, 2.24) is 0 Å². The van der Waals surface area contributed by atoms with Gasteiger partial charge in [-0.15, -0.1) is 0 Å². The monoisotopic (exact) mass is 387 g/mol. The summed E-state index contributed by atoms with van der Waals surface area (Å²) in [5.41, 5.74) is 1.21. The molecule has 0 saturated heterocycles. The maximum Gasteiger partial charge on any atom is 0.337 e. The molecule has 2 aromatic carbocycles. The second-order valence-corrected chi connectivity index (χ2v) is 5.70. The first kappa shape index (κ1) is 20.8. The van der Waals surface area contributed by atoms with E-state index in [2.05, 4.69) is 14.8 Å². The lowest BCUT2D eigenvalue weighted by molar-refractivity contribution is -0.115. The number of ether oxygens (including phenoxy) is 4. The molecule has 2 rings (SSSR count). The number of amides is 1. The molecule has 0 aliphatic carbocycles. The van der Waals surface area contributed by atoms with Gasteiger partial charge in [0, 0.05) is 5.69 Å². The van der Waals surface area contributed by atoms with Crippen molar-refractivity contribution in [2.45, 2.75) is 6.42 Å². The van der Waals surface area contributed by atoms with Gasteiger partial charge < -0.3 is 24.3 Å². The van der Waals surface area contributed by atoms with E-state index in [1.165, 1.54) is 46.6 Å². The van der Waals surface area contributed by atoms with Crippen molar-refractivity contribution in [3.8, 4) is 11.5 Å². The number of methoxy groups -OCH3 is 4. The molecule has 0 unspecified atom stereocenters. The number of hydrogen-bond acceptors (Lipinski definition) is 7. The molecule has 0 aliphatic heterocycles. The molecule has 8 nitrogen and oxygen atoms in total. The van der Waals surface area contributed by atoms with Gasteiger partial charge in [0.05, 0.1) is 46.0 Å². The van der Waals surface area contributed by atoms with Crippen molar-refractivity contribution in [2.75, 3.05) is 33.8 Å². The molecule has 0 heterocycles. The Morgan fingerprint density at radius 2 is 1.36 bits per heavy atom. The van der Waals surface area contributed by atoms with E-state index in [1.54, 1.807) is 18.2 Å². The zero-order valence-electron chi connectivity index (χ0n) is 16.0. The lowest BCUT2D eigenvalue weighted by Gasteiger charge is -2.11. The largest absolute Gasteiger partial charge is 0.493 e. The minimum atomic E-state index is -0.638. The van der Waals surface area contributed by atoms with E-state index < -0.39 is 11.9 Å². The highest BCUT2D eigenvalue weighted by atomic mass is 16.5. The second kappa shape index (κ2) is 9.40. The van der Waals surface area contributed by atoms with E-state index in [1.807, 2.05) is 0 Å². The molecular formula is C20H21NO7. The summed E-state index contributed by atoms with van der Waals surface area (Å²) >= 11 is 0. The Morgan fingerprint density at radius 3 is 1.86 bits per heavy atom. The number of benzene rings is 2. The number of carbonyl (C=O) groups is 3. The van der Waals surface area contributed by atoms with Crippen LogP contribution in [-0.4, -0.2) is 46.3 Å².